The summed E-state index contributed by atoms with van der Waals surface area (Å²) in [5.74, 6) is -0.536. The number of H-pyrrole nitrogens is 1. The Labute approximate surface area is 84.6 Å². The van der Waals surface area contributed by atoms with E-state index in [2.05, 4.69) is 5.10 Å². The van der Waals surface area contributed by atoms with E-state index in [1.807, 2.05) is 0 Å². The number of nitrogens with one attached hydrogen (secondary N) is 1. The van der Waals surface area contributed by atoms with Gasteiger partial charge in [0.05, 0.1) is 5.69 Å². The van der Waals surface area contributed by atoms with Gasteiger partial charge >= 0.3 is 0 Å². The number of halogens is 1. The molecule has 0 bridgehead atoms. The first kappa shape index (κ1) is 9.51. The summed E-state index contributed by atoms with van der Waals surface area (Å²) in [4.78, 5) is 11.2. The molecule has 0 aliphatic heterocycles. The number of phenolic OH excluding ortho intramolecular Hbond substituents is 1. The summed E-state index contributed by atoms with van der Waals surface area (Å²) in [7, 11) is 1.53. The van der Waals surface area contributed by atoms with Crippen LogP contribution in [0.1, 0.15) is 0 Å². The number of aromatic nitrogens is 2. The summed E-state index contributed by atoms with van der Waals surface area (Å²) in [5, 5.41) is 11.9. The van der Waals surface area contributed by atoms with Crippen LogP contribution in [0.5, 0.6) is 5.75 Å². The molecule has 0 amide bonds. The number of hydrogen-bond acceptors (Lipinski definition) is 2. The maximum absolute atomic E-state index is 13.4. The summed E-state index contributed by atoms with van der Waals surface area (Å²) in [6.07, 6.45) is 0. The molecule has 0 saturated heterocycles. The van der Waals surface area contributed by atoms with Gasteiger partial charge < -0.3 is 5.11 Å². The standard InChI is InChI=1S/C10H9FN2O2/c1-13-10(15)5-9(12-13)7-4-6(14)2-3-8(7)11/h2-5,12,14H,1H3. The molecule has 1 aromatic heterocycles. The molecule has 1 aromatic carbocycles. The smallest absolute Gasteiger partial charge is 0.266 e. The molecule has 1 heterocycles. The Bertz CT molecular complexity index is 557. The normalized spacial score (nSPS) is 10.5. The second-order valence-electron chi connectivity index (χ2n) is 3.23. The predicted molar refractivity (Wildman–Crippen MR) is 53.1 cm³/mol. The molecule has 0 fully saturated rings. The van der Waals surface area contributed by atoms with Crippen molar-refractivity contribution in [3.05, 3.63) is 40.4 Å². The lowest BCUT2D eigenvalue weighted by Gasteiger charge is -2.00. The van der Waals surface area contributed by atoms with Crippen LogP contribution in [0, 0.1) is 5.82 Å². The number of aryl methyl sites for hydroxylation is 1. The highest BCUT2D eigenvalue weighted by Crippen LogP contribution is 2.23. The Kier molecular flexibility index (Phi) is 2.07. The minimum absolute atomic E-state index is 0.0453. The zero-order valence-corrected chi connectivity index (χ0v) is 7.99. The van der Waals surface area contributed by atoms with E-state index in [4.69, 9.17) is 0 Å². The molecule has 0 saturated carbocycles. The first-order chi connectivity index (χ1) is 7.08. The maximum Gasteiger partial charge on any atom is 0.266 e. The Hall–Kier alpha value is -2.04. The van der Waals surface area contributed by atoms with Gasteiger partial charge in [0.1, 0.15) is 11.6 Å². The third-order valence-electron chi connectivity index (χ3n) is 2.13. The van der Waals surface area contributed by atoms with Gasteiger partial charge in [-0.25, -0.2) is 4.39 Å². The molecule has 2 aromatic rings. The van der Waals surface area contributed by atoms with Crippen molar-refractivity contribution in [3.63, 3.8) is 0 Å². The van der Waals surface area contributed by atoms with Gasteiger partial charge in [0, 0.05) is 18.7 Å². The van der Waals surface area contributed by atoms with Crippen LogP contribution in [0.4, 0.5) is 4.39 Å². The van der Waals surface area contributed by atoms with Crippen LogP contribution in [-0.2, 0) is 7.05 Å². The molecule has 15 heavy (non-hydrogen) atoms. The van der Waals surface area contributed by atoms with Crippen LogP contribution >= 0.6 is 0 Å². The lowest BCUT2D eigenvalue weighted by atomic mass is 10.1. The number of aromatic hydroxyl groups is 1. The predicted octanol–water partition coefficient (Wildman–Crippen LogP) is 1.23. The highest BCUT2D eigenvalue weighted by Gasteiger charge is 2.09. The van der Waals surface area contributed by atoms with Crippen LogP contribution < -0.4 is 5.56 Å². The molecule has 78 valence electrons. The van der Waals surface area contributed by atoms with Crippen molar-refractivity contribution in [2.75, 3.05) is 0 Å². The molecule has 0 radical (unpaired) electrons. The fourth-order valence-corrected chi connectivity index (χ4v) is 1.35. The number of benzene rings is 1. The molecular weight excluding hydrogens is 199 g/mol. The molecule has 5 heteroatoms. The van der Waals surface area contributed by atoms with Crippen molar-refractivity contribution in [1.29, 1.82) is 0 Å². The van der Waals surface area contributed by atoms with Gasteiger partial charge in [-0.2, -0.15) is 0 Å². The van der Waals surface area contributed by atoms with E-state index in [0.717, 1.165) is 6.07 Å². The Morgan fingerprint density at radius 2 is 2.13 bits per heavy atom. The van der Waals surface area contributed by atoms with Crippen molar-refractivity contribution in [2.24, 2.45) is 7.05 Å². The number of hydrogen-bond donors (Lipinski definition) is 2. The van der Waals surface area contributed by atoms with E-state index in [1.54, 1.807) is 0 Å². The van der Waals surface area contributed by atoms with E-state index in [-0.39, 0.29) is 16.9 Å². The molecule has 0 atom stereocenters. The highest BCUT2D eigenvalue weighted by molar-refractivity contribution is 5.61. The van der Waals surface area contributed by atoms with Crippen molar-refractivity contribution in [2.45, 2.75) is 0 Å². The topological polar surface area (TPSA) is 58.0 Å². The van der Waals surface area contributed by atoms with E-state index >= 15 is 0 Å². The van der Waals surface area contributed by atoms with Crippen molar-refractivity contribution in [1.82, 2.24) is 9.78 Å². The first-order valence-corrected chi connectivity index (χ1v) is 4.33. The van der Waals surface area contributed by atoms with Gasteiger partial charge in [-0.1, -0.05) is 0 Å². The van der Waals surface area contributed by atoms with E-state index in [9.17, 15) is 14.3 Å². The maximum atomic E-state index is 13.4. The summed E-state index contributed by atoms with van der Waals surface area (Å²) >= 11 is 0. The van der Waals surface area contributed by atoms with Crippen LogP contribution in [0.2, 0.25) is 0 Å². The van der Waals surface area contributed by atoms with Gasteiger partial charge in [0.25, 0.3) is 5.56 Å². The Balaban J connectivity index is 2.63. The molecule has 2 N–H and O–H groups in total. The van der Waals surface area contributed by atoms with Gasteiger partial charge in [0.15, 0.2) is 0 Å². The quantitative estimate of drug-likeness (QED) is 0.740. The van der Waals surface area contributed by atoms with Crippen LogP contribution in [0.15, 0.2) is 29.1 Å². The molecule has 0 unspecified atom stereocenters. The van der Waals surface area contributed by atoms with Crippen LogP contribution in [0.25, 0.3) is 11.3 Å². The number of nitrogens with zero attached hydrogens (tertiary/aromatic N) is 1. The first-order valence-electron chi connectivity index (χ1n) is 4.33. The second-order valence-corrected chi connectivity index (χ2v) is 3.23. The minimum atomic E-state index is -0.491. The number of rotatable bonds is 1. The van der Waals surface area contributed by atoms with Gasteiger partial charge in [-0.15, -0.1) is 0 Å². The van der Waals surface area contributed by atoms with Crippen LogP contribution in [-0.4, -0.2) is 14.9 Å². The van der Waals surface area contributed by atoms with Gasteiger partial charge in [-0.3, -0.25) is 14.6 Å². The molecule has 0 aliphatic carbocycles. The molecule has 4 nitrogen and oxygen atoms in total. The summed E-state index contributed by atoms with van der Waals surface area (Å²) < 4.78 is 14.6. The van der Waals surface area contributed by atoms with E-state index in [1.165, 1.54) is 29.9 Å². The molecule has 0 aliphatic rings. The fourth-order valence-electron chi connectivity index (χ4n) is 1.35. The second kappa shape index (κ2) is 3.27. The number of phenols is 1. The third-order valence-corrected chi connectivity index (χ3v) is 2.13. The zero-order valence-electron chi connectivity index (χ0n) is 7.99. The van der Waals surface area contributed by atoms with E-state index < -0.39 is 5.82 Å². The van der Waals surface area contributed by atoms with Crippen molar-refractivity contribution >= 4 is 0 Å². The van der Waals surface area contributed by atoms with Crippen molar-refractivity contribution in [3.8, 4) is 17.0 Å². The Morgan fingerprint density at radius 3 is 2.73 bits per heavy atom. The highest BCUT2D eigenvalue weighted by atomic mass is 19.1. The average Bonchev–Trinajstić information content (AvgIpc) is 2.51. The van der Waals surface area contributed by atoms with Gasteiger partial charge in [-0.05, 0) is 18.2 Å². The third kappa shape index (κ3) is 1.63. The lowest BCUT2D eigenvalue weighted by molar-refractivity contribution is 0.473. The van der Waals surface area contributed by atoms with Crippen LogP contribution in [0.3, 0.4) is 0 Å². The fraction of sp³-hybridized carbons (Fsp3) is 0.100. The van der Waals surface area contributed by atoms with E-state index in [0.29, 0.717) is 5.69 Å². The minimum Gasteiger partial charge on any atom is -0.508 e. The summed E-state index contributed by atoms with van der Waals surface area (Å²) in [6, 6.07) is 4.94. The summed E-state index contributed by atoms with van der Waals surface area (Å²) in [6.45, 7) is 0. The van der Waals surface area contributed by atoms with Gasteiger partial charge in [0.2, 0.25) is 0 Å². The number of aromatic amines is 1. The SMILES string of the molecule is Cn1[nH]c(-c2cc(O)ccc2F)cc1=O. The monoisotopic (exact) mass is 208 g/mol. The molecule has 2 rings (SSSR count). The van der Waals surface area contributed by atoms with Crippen molar-refractivity contribution < 1.29 is 9.50 Å². The Morgan fingerprint density at radius 1 is 1.40 bits per heavy atom. The average molecular weight is 208 g/mol. The molecular formula is C10H9FN2O2. The molecule has 0 spiro atoms. The largest absolute Gasteiger partial charge is 0.508 e. The lowest BCUT2D eigenvalue weighted by Crippen LogP contribution is -2.09. The zero-order chi connectivity index (χ0) is 11.0. The summed E-state index contributed by atoms with van der Waals surface area (Å²) in [5.41, 5.74) is 0.261.